The molecule has 3 aromatic rings. The van der Waals surface area contributed by atoms with E-state index in [9.17, 15) is 4.79 Å². The highest BCUT2D eigenvalue weighted by Crippen LogP contribution is 2.37. The quantitative estimate of drug-likeness (QED) is 0.344. The number of carbonyl (C=O) groups excluding carboxylic acids is 1. The Labute approximate surface area is 191 Å². The van der Waals surface area contributed by atoms with Gasteiger partial charge in [-0.1, -0.05) is 37.2 Å². The Balaban J connectivity index is 1.67. The molecule has 2 N–H and O–H groups in total. The number of fused-ring (bicyclic) bond motifs is 1. The SMILES string of the molecule is CCCCSc1nc2n(n1)C(c1ccco1)C(C(=O)Nc1ccccc1OCC)=C(C)N2. The monoisotopic (exact) mass is 453 g/mol. The van der Waals surface area contributed by atoms with E-state index in [2.05, 4.69) is 27.6 Å². The first-order valence-corrected chi connectivity index (χ1v) is 11.7. The van der Waals surface area contributed by atoms with Crippen molar-refractivity contribution in [1.29, 1.82) is 0 Å². The topological polar surface area (TPSA) is 94.2 Å². The molecule has 0 saturated carbocycles. The molecule has 1 amide bonds. The van der Waals surface area contributed by atoms with E-state index in [1.54, 1.807) is 28.8 Å². The number of aromatic nitrogens is 3. The van der Waals surface area contributed by atoms with Gasteiger partial charge in [0.25, 0.3) is 5.91 Å². The van der Waals surface area contributed by atoms with Crippen molar-refractivity contribution >= 4 is 29.3 Å². The zero-order valence-electron chi connectivity index (χ0n) is 18.4. The zero-order chi connectivity index (χ0) is 22.5. The molecule has 0 aliphatic carbocycles. The second kappa shape index (κ2) is 9.95. The van der Waals surface area contributed by atoms with E-state index in [1.165, 1.54) is 0 Å². The van der Waals surface area contributed by atoms with Crippen LogP contribution >= 0.6 is 11.8 Å². The van der Waals surface area contributed by atoms with Gasteiger partial charge in [-0.3, -0.25) is 4.79 Å². The van der Waals surface area contributed by atoms with Crippen LogP contribution in [-0.4, -0.2) is 33.0 Å². The number of nitrogens with zero attached hydrogens (tertiary/aromatic N) is 3. The summed E-state index contributed by atoms with van der Waals surface area (Å²) >= 11 is 1.61. The summed E-state index contributed by atoms with van der Waals surface area (Å²) in [6, 6.07) is 10.5. The molecule has 3 heterocycles. The number of carbonyl (C=O) groups is 1. The molecule has 0 bridgehead atoms. The Morgan fingerprint density at radius 1 is 1.28 bits per heavy atom. The van der Waals surface area contributed by atoms with Gasteiger partial charge in [-0.25, -0.2) is 4.68 Å². The van der Waals surface area contributed by atoms with Crippen LogP contribution in [0.5, 0.6) is 5.75 Å². The lowest BCUT2D eigenvalue weighted by atomic mass is 10.00. The van der Waals surface area contributed by atoms with Crippen molar-refractivity contribution in [2.45, 2.75) is 44.8 Å². The van der Waals surface area contributed by atoms with Crippen molar-refractivity contribution in [2.24, 2.45) is 0 Å². The molecule has 1 aliphatic heterocycles. The van der Waals surface area contributed by atoms with Gasteiger partial charge < -0.3 is 19.8 Å². The third-order valence-corrected chi connectivity index (χ3v) is 5.98. The lowest BCUT2D eigenvalue weighted by molar-refractivity contribution is -0.113. The number of ether oxygens (including phenoxy) is 1. The van der Waals surface area contributed by atoms with E-state index < -0.39 is 6.04 Å². The van der Waals surface area contributed by atoms with Crippen molar-refractivity contribution in [3.63, 3.8) is 0 Å². The van der Waals surface area contributed by atoms with Gasteiger partial charge >= 0.3 is 0 Å². The number of unbranched alkanes of at least 4 members (excludes halogenated alkanes) is 1. The van der Waals surface area contributed by atoms with Gasteiger partial charge in [-0.15, -0.1) is 5.10 Å². The Morgan fingerprint density at radius 3 is 2.88 bits per heavy atom. The maximum Gasteiger partial charge on any atom is 0.256 e. The molecule has 8 nitrogen and oxygen atoms in total. The van der Waals surface area contributed by atoms with Crippen molar-refractivity contribution in [2.75, 3.05) is 23.0 Å². The maximum atomic E-state index is 13.5. The summed E-state index contributed by atoms with van der Waals surface area (Å²) in [6.45, 7) is 6.43. The summed E-state index contributed by atoms with van der Waals surface area (Å²) in [5, 5.41) is 11.6. The van der Waals surface area contributed by atoms with Crippen LogP contribution in [-0.2, 0) is 4.79 Å². The molecule has 9 heteroatoms. The largest absolute Gasteiger partial charge is 0.492 e. The lowest BCUT2D eigenvalue weighted by Crippen LogP contribution is -2.31. The molecular formula is C23H27N5O3S. The molecule has 0 fully saturated rings. The number of hydrogen-bond acceptors (Lipinski definition) is 7. The molecule has 0 saturated heterocycles. The number of hydrogen-bond donors (Lipinski definition) is 2. The van der Waals surface area contributed by atoms with Crippen molar-refractivity contribution in [3.05, 3.63) is 59.7 Å². The minimum Gasteiger partial charge on any atom is -0.492 e. The first-order valence-electron chi connectivity index (χ1n) is 10.8. The number of thioether (sulfide) groups is 1. The molecule has 1 unspecified atom stereocenters. The zero-order valence-corrected chi connectivity index (χ0v) is 19.2. The molecular weight excluding hydrogens is 426 g/mol. The number of anilines is 2. The van der Waals surface area contributed by atoms with Crippen LogP contribution in [0.4, 0.5) is 11.6 Å². The van der Waals surface area contributed by atoms with Crippen LogP contribution in [0.25, 0.3) is 0 Å². The van der Waals surface area contributed by atoms with Gasteiger partial charge in [0.1, 0.15) is 17.6 Å². The number of para-hydroxylation sites is 2. The van der Waals surface area contributed by atoms with Gasteiger partial charge in [0.2, 0.25) is 11.1 Å². The summed E-state index contributed by atoms with van der Waals surface area (Å²) in [4.78, 5) is 18.1. The van der Waals surface area contributed by atoms with Crippen LogP contribution in [0.3, 0.4) is 0 Å². The Kier molecular flexibility index (Phi) is 6.84. The fourth-order valence-electron chi connectivity index (χ4n) is 3.55. The van der Waals surface area contributed by atoms with Crippen LogP contribution in [0.1, 0.15) is 45.4 Å². The summed E-state index contributed by atoms with van der Waals surface area (Å²) in [6.07, 6.45) is 3.80. The number of nitrogens with one attached hydrogen (secondary N) is 2. The standard InChI is InChI=1S/C23H27N5O3S/c1-4-6-14-32-23-26-22-24-15(3)19(20(28(22)27-23)18-12-9-13-31-18)21(29)25-16-10-7-8-11-17(16)30-5-2/h7-13,20H,4-6,14H2,1-3H3,(H,25,29)(H,24,26,27). The smallest absolute Gasteiger partial charge is 0.256 e. The molecule has 32 heavy (non-hydrogen) atoms. The normalized spacial score (nSPS) is 15.3. The second-order valence-electron chi connectivity index (χ2n) is 7.33. The molecule has 1 aliphatic rings. The maximum absolute atomic E-state index is 13.5. The molecule has 2 aromatic heterocycles. The van der Waals surface area contributed by atoms with E-state index in [0.717, 1.165) is 18.6 Å². The van der Waals surface area contributed by atoms with Gasteiger partial charge in [0.15, 0.2) is 0 Å². The third kappa shape index (κ3) is 4.52. The van der Waals surface area contributed by atoms with Gasteiger partial charge in [-0.2, -0.15) is 4.98 Å². The average molecular weight is 454 g/mol. The highest BCUT2D eigenvalue weighted by Gasteiger charge is 2.36. The predicted octanol–water partition coefficient (Wildman–Crippen LogP) is 5.09. The predicted molar refractivity (Wildman–Crippen MR) is 125 cm³/mol. The molecule has 0 spiro atoms. The van der Waals surface area contributed by atoms with Crippen LogP contribution in [0.15, 0.2) is 63.5 Å². The minimum atomic E-state index is -0.534. The van der Waals surface area contributed by atoms with Crippen molar-refractivity contribution in [1.82, 2.24) is 14.8 Å². The second-order valence-corrected chi connectivity index (χ2v) is 8.39. The van der Waals surface area contributed by atoms with Gasteiger partial charge in [0.05, 0.1) is 24.1 Å². The van der Waals surface area contributed by atoms with E-state index in [-0.39, 0.29) is 5.91 Å². The van der Waals surface area contributed by atoms with Gasteiger partial charge in [0, 0.05) is 11.4 Å². The average Bonchev–Trinajstić information content (AvgIpc) is 3.44. The molecule has 1 aromatic carbocycles. The summed E-state index contributed by atoms with van der Waals surface area (Å²) in [7, 11) is 0. The summed E-state index contributed by atoms with van der Waals surface area (Å²) in [5.41, 5.74) is 1.81. The summed E-state index contributed by atoms with van der Waals surface area (Å²) in [5.74, 6) is 2.51. The first-order chi connectivity index (χ1) is 15.6. The first kappa shape index (κ1) is 22.0. The van der Waals surface area contributed by atoms with Crippen molar-refractivity contribution in [3.8, 4) is 5.75 Å². The molecule has 4 rings (SSSR count). The summed E-state index contributed by atoms with van der Waals surface area (Å²) < 4.78 is 13.1. The Hall–Kier alpha value is -3.20. The molecule has 1 atom stereocenters. The Morgan fingerprint density at radius 2 is 2.12 bits per heavy atom. The fourth-order valence-corrected chi connectivity index (χ4v) is 4.46. The highest BCUT2D eigenvalue weighted by atomic mass is 32.2. The van der Waals surface area contributed by atoms with E-state index >= 15 is 0 Å². The Bertz CT molecular complexity index is 1110. The lowest BCUT2D eigenvalue weighted by Gasteiger charge is -2.27. The molecule has 0 radical (unpaired) electrons. The van der Waals surface area contributed by atoms with E-state index in [0.29, 0.717) is 46.2 Å². The van der Waals surface area contributed by atoms with E-state index in [4.69, 9.17) is 9.15 Å². The minimum absolute atomic E-state index is 0.259. The highest BCUT2D eigenvalue weighted by molar-refractivity contribution is 7.99. The van der Waals surface area contributed by atoms with Gasteiger partial charge in [-0.05, 0) is 44.5 Å². The number of benzene rings is 1. The number of rotatable bonds is 9. The number of furan rings is 1. The van der Waals surface area contributed by atoms with E-state index in [1.807, 2.05) is 44.2 Å². The van der Waals surface area contributed by atoms with Crippen LogP contribution in [0, 0.1) is 0 Å². The number of amides is 1. The number of allylic oxidation sites excluding steroid dienone is 1. The fraction of sp³-hybridized carbons (Fsp3) is 0.348. The third-order valence-electron chi connectivity index (χ3n) is 5.05. The van der Waals surface area contributed by atoms with Crippen molar-refractivity contribution < 1.29 is 13.9 Å². The van der Waals surface area contributed by atoms with Crippen LogP contribution in [0.2, 0.25) is 0 Å². The van der Waals surface area contributed by atoms with Crippen LogP contribution < -0.4 is 15.4 Å². The molecule has 168 valence electrons.